The molecule has 7 heteroatoms. The van der Waals surface area contributed by atoms with Crippen LogP contribution >= 0.6 is 0 Å². The second kappa shape index (κ2) is 8.94. The van der Waals surface area contributed by atoms with Gasteiger partial charge in [-0.1, -0.05) is 25.5 Å². The summed E-state index contributed by atoms with van der Waals surface area (Å²) in [5.74, 6) is -0.375. The first-order valence-electron chi connectivity index (χ1n) is 8.27. The number of nitrogens with zero attached hydrogens (tertiary/aromatic N) is 1. The summed E-state index contributed by atoms with van der Waals surface area (Å²) in [6, 6.07) is 6.06. The highest BCUT2D eigenvalue weighted by molar-refractivity contribution is 5.93. The summed E-state index contributed by atoms with van der Waals surface area (Å²) >= 11 is 0. The number of hydrogen-bond donors (Lipinski definition) is 2. The van der Waals surface area contributed by atoms with Gasteiger partial charge < -0.3 is 15.2 Å². The summed E-state index contributed by atoms with van der Waals surface area (Å²) in [5, 5.41) is 12.7. The minimum atomic E-state index is -2.95. The number of hydrogen-bond acceptors (Lipinski definition) is 4. The Kier molecular flexibility index (Phi) is 6.93. The van der Waals surface area contributed by atoms with Crippen LogP contribution in [0.3, 0.4) is 0 Å². The Bertz CT molecular complexity index is 542. The van der Waals surface area contributed by atoms with Crippen LogP contribution in [0.1, 0.15) is 32.6 Å². The van der Waals surface area contributed by atoms with Gasteiger partial charge in [-0.15, -0.1) is 0 Å². The molecule has 134 valence electrons. The Balaban J connectivity index is 1.99. The molecule has 1 aliphatic heterocycles. The van der Waals surface area contributed by atoms with Crippen LogP contribution in [0.25, 0.3) is 0 Å². The first kappa shape index (κ1) is 18.6. The third-order valence-electron chi connectivity index (χ3n) is 4.25. The van der Waals surface area contributed by atoms with E-state index in [0.29, 0.717) is 6.42 Å². The molecule has 2 atom stereocenters. The van der Waals surface area contributed by atoms with Gasteiger partial charge in [0, 0.05) is 6.04 Å². The number of amides is 1. The molecule has 1 saturated heterocycles. The van der Waals surface area contributed by atoms with Crippen LogP contribution in [0, 0.1) is 0 Å². The molecule has 0 saturated carbocycles. The topological polar surface area (TPSA) is 61.8 Å². The third kappa shape index (κ3) is 5.14. The zero-order valence-corrected chi connectivity index (χ0v) is 13.8. The lowest BCUT2D eigenvalue weighted by molar-refractivity contribution is -0.119. The van der Waals surface area contributed by atoms with E-state index < -0.39 is 12.7 Å². The van der Waals surface area contributed by atoms with Crippen LogP contribution in [0.5, 0.6) is 5.75 Å². The summed E-state index contributed by atoms with van der Waals surface area (Å²) in [6.45, 7) is -0.181. The molecular weight excluding hydrogens is 318 g/mol. The molecule has 1 aromatic rings. The van der Waals surface area contributed by atoms with Gasteiger partial charge in [0.25, 0.3) is 0 Å². The van der Waals surface area contributed by atoms with E-state index in [1.807, 2.05) is 11.8 Å². The maximum absolute atomic E-state index is 12.4. The van der Waals surface area contributed by atoms with E-state index in [2.05, 4.69) is 10.1 Å². The normalized spacial score (nSPS) is 20.0. The Labute approximate surface area is 140 Å². The number of anilines is 1. The lowest BCUT2D eigenvalue weighted by Crippen LogP contribution is -2.49. The van der Waals surface area contributed by atoms with Gasteiger partial charge in [0.05, 0.1) is 18.3 Å². The predicted octanol–water partition coefficient (Wildman–Crippen LogP) is 2.85. The lowest BCUT2D eigenvalue weighted by atomic mass is 9.96. The summed E-state index contributed by atoms with van der Waals surface area (Å²) < 4.78 is 29.2. The number of nitrogens with one attached hydrogen (secondary N) is 1. The minimum absolute atomic E-state index is 0.0398. The molecule has 2 unspecified atom stereocenters. The van der Waals surface area contributed by atoms with Gasteiger partial charge in [0.15, 0.2) is 0 Å². The van der Waals surface area contributed by atoms with E-state index in [9.17, 15) is 18.7 Å². The van der Waals surface area contributed by atoms with E-state index in [4.69, 9.17) is 0 Å². The van der Waals surface area contributed by atoms with Crippen molar-refractivity contribution in [2.45, 2.75) is 51.4 Å². The van der Waals surface area contributed by atoms with Crippen molar-refractivity contribution in [2.75, 3.05) is 18.4 Å². The number of benzene rings is 1. The first-order valence-corrected chi connectivity index (χ1v) is 8.27. The van der Waals surface area contributed by atoms with E-state index >= 15 is 0 Å². The van der Waals surface area contributed by atoms with Crippen molar-refractivity contribution >= 4 is 11.6 Å². The van der Waals surface area contributed by atoms with Crippen molar-refractivity contribution in [3.05, 3.63) is 24.3 Å². The number of carbonyl (C=O) groups is 1. The third-order valence-corrected chi connectivity index (χ3v) is 4.25. The van der Waals surface area contributed by atoms with Crippen LogP contribution in [-0.2, 0) is 4.79 Å². The van der Waals surface area contributed by atoms with Crippen molar-refractivity contribution in [1.82, 2.24) is 4.90 Å². The molecule has 1 heterocycles. The van der Waals surface area contributed by atoms with E-state index in [0.717, 1.165) is 25.8 Å². The number of aliphatic hydroxyl groups excluding tert-OH is 1. The maximum atomic E-state index is 12.4. The molecule has 0 radical (unpaired) electrons. The number of piperidine rings is 1. The van der Waals surface area contributed by atoms with E-state index in [-0.39, 0.29) is 29.9 Å². The van der Waals surface area contributed by atoms with Crippen molar-refractivity contribution < 1.29 is 23.4 Å². The molecule has 2 N–H and O–H groups in total. The van der Waals surface area contributed by atoms with Gasteiger partial charge in [0.1, 0.15) is 5.75 Å². The smallest absolute Gasteiger partial charge is 0.387 e. The standard InChI is InChI=1S/C17H24F2N2O3/c1-2-14(22)13-8-5-6-10-21(13)11-16(23)20-12-7-3-4-9-15(12)24-17(18)19/h3-4,7,9,13-14,17,22H,2,5-6,8,10-11H2,1H3,(H,20,23). The molecule has 24 heavy (non-hydrogen) atoms. The van der Waals surface area contributed by atoms with Gasteiger partial charge in [-0.25, -0.2) is 0 Å². The van der Waals surface area contributed by atoms with Gasteiger partial charge in [-0.2, -0.15) is 8.78 Å². The second-order valence-corrected chi connectivity index (χ2v) is 5.93. The summed E-state index contributed by atoms with van der Waals surface area (Å²) in [7, 11) is 0. The number of halogens is 2. The molecule has 1 aliphatic rings. The Morgan fingerprint density at radius 3 is 2.88 bits per heavy atom. The number of rotatable bonds is 7. The summed E-state index contributed by atoms with van der Waals surface area (Å²) in [4.78, 5) is 14.3. The van der Waals surface area contributed by atoms with Crippen LogP contribution < -0.4 is 10.1 Å². The predicted molar refractivity (Wildman–Crippen MR) is 87.2 cm³/mol. The fourth-order valence-electron chi connectivity index (χ4n) is 3.06. The average Bonchev–Trinajstić information content (AvgIpc) is 2.56. The zero-order chi connectivity index (χ0) is 17.5. The molecule has 1 fully saturated rings. The number of carbonyl (C=O) groups excluding carboxylic acids is 1. The molecule has 2 rings (SSSR count). The fourth-order valence-corrected chi connectivity index (χ4v) is 3.06. The molecule has 1 aromatic carbocycles. The summed E-state index contributed by atoms with van der Waals surface area (Å²) in [5.41, 5.74) is 0.215. The average molecular weight is 342 g/mol. The fraction of sp³-hybridized carbons (Fsp3) is 0.588. The minimum Gasteiger partial charge on any atom is -0.433 e. The second-order valence-electron chi connectivity index (χ2n) is 5.93. The summed E-state index contributed by atoms with van der Waals surface area (Å²) in [6.07, 6.45) is 3.03. The van der Waals surface area contributed by atoms with Gasteiger partial charge >= 0.3 is 6.61 Å². The quantitative estimate of drug-likeness (QED) is 0.800. The molecule has 0 bridgehead atoms. The molecule has 1 amide bonds. The van der Waals surface area contributed by atoms with E-state index in [1.54, 1.807) is 12.1 Å². The highest BCUT2D eigenvalue weighted by Crippen LogP contribution is 2.26. The monoisotopic (exact) mass is 342 g/mol. The van der Waals surface area contributed by atoms with Crippen LogP contribution in [0.4, 0.5) is 14.5 Å². The molecule has 0 spiro atoms. The number of alkyl halides is 2. The number of ether oxygens (including phenoxy) is 1. The number of para-hydroxylation sites is 2. The van der Waals surface area contributed by atoms with Gasteiger partial charge in [-0.3, -0.25) is 9.69 Å². The Hall–Kier alpha value is -1.73. The van der Waals surface area contributed by atoms with E-state index in [1.165, 1.54) is 12.1 Å². The van der Waals surface area contributed by atoms with Crippen molar-refractivity contribution in [3.63, 3.8) is 0 Å². The van der Waals surface area contributed by atoms with Crippen LogP contribution in [0.15, 0.2) is 24.3 Å². The van der Waals surface area contributed by atoms with Crippen LogP contribution in [-0.4, -0.2) is 47.8 Å². The molecular formula is C17H24F2N2O3. The highest BCUT2D eigenvalue weighted by Gasteiger charge is 2.29. The van der Waals surface area contributed by atoms with Crippen molar-refractivity contribution in [1.29, 1.82) is 0 Å². The first-order chi connectivity index (χ1) is 11.5. The molecule has 0 aliphatic carbocycles. The zero-order valence-electron chi connectivity index (χ0n) is 13.8. The maximum Gasteiger partial charge on any atom is 0.387 e. The molecule has 0 aromatic heterocycles. The highest BCUT2D eigenvalue weighted by atomic mass is 19.3. The van der Waals surface area contributed by atoms with Crippen LogP contribution in [0.2, 0.25) is 0 Å². The van der Waals surface area contributed by atoms with Gasteiger partial charge in [-0.05, 0) is 37.9 Å². The largest absolute Gasteiger partial charge is 0.433 e. The number of likely N-dealkylation sites (tertiary alicyclic amines) is 1. The SMILES string of the molecule is CCC(O)C1CCCCN1CC(=O)Nc1ccccc1OC(F)F. The van der Waals surface area contributed by atoms with Crippen molar-refractivity contribution in [2.24, 2.45) is 0 Å². The lowest BCUT2D eigenvalue weighted by Gasteiger charge is -2.37. The van der Waals surface area contributed by atoms with Crippen molar-refractivity contribution in [3.8, 4) is 5.75 Å². The Morgan fingerprint density at radius 1 is 1.42 bits per heavy atom. The number of aliphatic hydroxyl groups is 1. The molecule has 5 nitrogen and oxygen atoms in total. The van der Waals surface area contributed by atoms with Gasteiger partial charge in [0.2, 0.25) is 5.91 Å². The Morgan fingerprint density at radius 2 is 2.17 bits per heavy atom.